The van der Waals surface area contributed by atoms with Crippen molar-refractivity contribution in [3.05, 3.63) is 93.5 Å². The molecule has 1 saturated carbocycles. The van der Waals surface area contributed by atoms with Crippen LogP contribution in [0.2, 0.25) is 5.02 Å². The number of hydrogen-bond acceptors (Lipinski definition) is 0. The first-order chi connectivity index (χ1) is 16.9. The molecule has 0 N–H and O–H groups in total. The van der Waals surface area contributed by atoms with E-state index in [0.29, 0.717) is 23.8 Å². The summed E-state index contributed by atoms with van der Waals surface area (Å²) in [5.41, 5.74) is 2.73. The summed E-state index contributed by atoms with van der Waals surface area (Å²) < 4.78 is 57.0. The van der Waals surface area contributed by atoms with Crippen LogP contribution in [0.25, 0.3) is 11.1 Å². The number of benzene rings is 3. The lowest BCUT2D eigenvalue weighted by atomic mass is 9.76. The van der Waals surface area contributed by atoms with E-state index in [-0.39, 0.29) is 5.56 Å². The summed E-state index contributed by atoms with van der Waals surface area (Å²) in [7, 11) is 0. The molecule has 1 aliphatic rings. The lowest BCUT2D eigenvalue weighted by molar-refractivity contribution is 0.310. The minimum atomic E-state index is -1.05. The van der Waals surface area contributed by atoms with Crippen LogP contribution in [0.1, 0.15) is 74.5 Å². The smallest absolute Gasteiger partial charge is 0.145 e. The molecule has 0 heterocycles. The van der Waals surface area contributed by atoms with Crippen molar-refractivity contribution in [2.75, 3.05) is 0 Å². The van der Waals surface area contributed by atoms with Crippen LogP contribution in [-0.2, 0) is 12.8 Å². The normalized spacial score (nSPS) is 18.1. The Labute approximate surface area is 210 Å². The van der Waals surface area contributed by atoms with Crippen molar-refractivity contribution in [3.63, 3.8) is 0 Å². The molecule has 0 bridgehead atoms. The van der Waals surface area contributed by atoms with Crippen molar-refractivity contribution in [3.8, 4) is 11.1 Å². The van der Waals surface area contributed by atoms with Gasteiger partial charge < -0.3 is 0 Å². The van der Waals surface area contributed by atoms with E-state index >= 15 is 0 Å². The number of rotatable bonds is 8. The van der Waals surface area contributed by atoms with Gasteiger partial charge in [0.25, 0.3) is 0 Å². The molecule has 3 aromatic carbocycles. The number of unbranched alkanes of at least 4 members (excludes halogenated alkanes) is 1. The lowest BCUT2D eigenvalue weighted by Crippen LogP contribution is -2.14. The molecule has 186 valence electrons. The zero-order valence-corrected chi connectivity index (χ0v) is 20.8. The molecule has 0 nitrogen and oxygen atoms in total. The first-order valence-electron chi connectivity index (χ1n) is 12.6. The summed E-state index contributed by atoms with van der Waals surface area (Å²) in [6, 6.07) is 13.3. The van der Waals surface area contributed by atoms with Gasteiger partial charge in [-0.25, -0.2) is 17.6 Å². The predicted molar refractivity (Wildman–Crippen MR) is 135 cm³/mol. The second-order valence-electron chi connectivity index (χ2n) is 9.79. The standard InChI is InChI=1S/C30H31ClF4/c1-2-3-4-19-7-11-22(12-8-19)23-13-9-20(10-14-23)5-6-21-15-25(32)29(26(33)16-21)24-17-27(34)30(31)28(35)18-24/h7-8,11-12,15-18,20,23H,2-6,9-10,13-14H2,1H3. The van der Waals surface area contributed by atoms with Crippen molar-refractivity contribution in [2.45, 2.75) is 70.6 Å². The minimum Gasteiger partial charge on any atom is -0.206 e. The van der Waals surface area contributed by atoms with Gasteiger partial charge in [-0.15, -0.1) is 0 Å². The van der Waals surface area contributed by atoms with Gasteiger partial charge in [0.2, 0.25) is 0 Å². The van der Waals surface area contributed by atoms with Crippen LogP contribution in [0.15, 0.2) is 48.5 Å². The van der Waals surface area contributed by atoms with Gasteiger partial charge in [0, 0.05) is 0 Å². The minimum absolute atomic E-state index is 0.206. The summed E-state index contributed by atoms with van der Waals surface area (Å²) >= 11 is 5.49. The Hall–Kier alpha value is -2.33. The molecular formula is C30H31ClF4. The van der Waals surface area contributed by atoms with Gasteiger partial charge in [-0.05, 0) is 110 Å². The summed E-state index contributed by atoms with van der Waals surface area (Å²) in [6.07, 6.45) is 9.48. The molecule has 1 aliphatic carbocycles. The quantitative estimate of drug-likeness (QED) is 0.212. The van der Waals surface area contributed by atoms with Crippen molar-refractivity contribution in [1.29, 1.82) is 0 Å². The summed E-state index contributed by atoms with van der Waals surface area (Å²) in [4.78, 5) is 0. The van der Waals surface area contributed by atoms with E-state index in [0.717, 1.165) is 50.7 Å². The molecule has 3 aromatic rings. The number of hydrogen-bond donors (Lipinski definition) is 0. The van der Waals surface area contributed by atoms with E-state index in [1.54, 1.807) is 0 Å². The second kappa shape index (κ2) is 11.6. The molecule has 4 rings (SSSR count). The molecule has 0 aliphatic heterocycles. The van der Waals surface area contributed by atoms with E-state index < -0.39 is 33.9 Å². The Kier molecular flexibility index (Phi) is 8.54. The highest BCUT2D eigenvalue weighted by Crippen LogP contribution is 2.38. The van der Waals surface area contributed by atoms with E-state index in [1.807, 2.05) is 0 Å². The van der Waals surface area contributed by atoms with Crippen molar-refractivity contribution >= 4 is 11.6 Å². The van der Waals surface area contributed by atoms with Crippen LogP contribution in [0.5, 0.6) is 0 Å². The first kappa shape index (κ1) is 25.8. The van der Waals surface area contributed by atoms with Gasteiger partial charge >= 0.3 is 0 Å². The van der Waals surface area contributed by atoms with Gasteiger partial charge in [0.05, 0.1) is 5.56 Å². The highest BCUT2D eigenvalue weighted by atomic mass is 35.5. The summed E-state index contributed by atoms with van der Waals surface area (Å²) in [6.45, 7) is 2.21. The molecule has 0 aromatic heterocycles. The van der Waals surface area contributed by atoms with E-state index in [4.69, 9.17) is 11.6 Å². The van der Waals surface area contributed by atoms with Crippen LogP contribution >= 0.6 is 11.6 Å². The molecule has 5 heteroatoms. The van der Waals surface area contributed by atoms with E-state index in [2.05, 4.69) is 31.2 Å². The second-order valence-corrected chi connectivity index (χ2v) is 10.2. The fraction of sp³-hybridized carbons (Fsp3) is 0.400. The van der Waals surface area contributed by atoms with Gasteiger partial charge in [-0.2, -0.15) is 0 Å². The first-order valence-corrected chi connectivity index (χ1v) is 12.9. The Morgan fingerprint density at radius 1 is 0.743 bits per heavy atom. The summed E-state index contributed by atoms with van der Waals surface area (Å²) in [5, 5.41) is -0.690. The zero-order valence-electron chi connectivity index (χ0n) is 20.0. The van der Waals surface area contributed by atoms with Gasteiger partial charge in [0.1, 0.15) is 28.3 Å². The Bertz CT molecular complexity index is 1100. The Morgan fingerprint density at radius 2 is 1.34 bits per heavy atom. The van der Waals surface area contributed by atoms with Crippen molar-refractivity contribution in [2.24, 2.45) is 5.92 Å². The van der Waals surface area contributed by atoms with Crippen LogP contribution < -0.4 is 0 Å². The fourth-order valence-corrected chi connectivity index (χ4v) is 5.35. The topological polar surface area (TPSA) is 0 Å². The van der Waals surface area contributed by atoms with Gasteiger partial charge in [-0.3, -0.25) is 0 Å². The van der Waals surface area contributed by atoms with E-state index in [9.17, 15) is 17.6 Å². The molecule has 1 fully saturated rings. The third kappa shape index (κ3) is 6.27. The predicted octanol–water partition coefficient (Wildman–Crippen LogP) is 9.81. The summed E-state index contributed by atoms with van der Waals surface area (Å²) in [5.74, 6) is -2.64. The maximum atomic E-state index is 14.7. The van der Waals surface area contributed by atoms with Crippen molar-refractivity contribution < 1.29 is 17.6 Å². The van der Waals surface area contributed by atoms with Crippen LogP contribution in [0.3, 0.4) is 0 Å². The number of aryl methyl sites for hydroxylation is 2. The maximum absolute atomic E-state index is 14.7. The fourth-order valence-electron chi connectivity index (χ4n) is 5.24. The van der Waals surface area contributed by atoms with Crippen LogP contribution in [0.4, 0.5) is 17.6 Å². The van der Waals surface area contributed by atoms with Gasteiger partial charge in [-0.1, -0.05) is 49.2 Å². The Balaban J connectivity index is 1.33. The molecule has 0 amide bonds. The SMILES string of the molecule is CCCCc1ccc(C2CCC(CCc3cc(F)c(-c4cc(F)c(Cl)c(F)c4)c(F)c3)CC2)cc1. The van der Waals surface area contributed by atoms with E-state index in [1.165, 1.54) is 36.1 Å². The average molecular weight is 503 g/mol. The molecule has 0 radical (unpaired) electrons. The van der Waals surface area contributed by atoms with Crippen molar-refractivity contribution in [1.82, 2.24) is 0 Å². The molecule has 0 spiro atoms. The molecular weight excluding hydrogens is 472 g/mol. The maximum Gasteiger partial charge on any atom is 0.145 e. The zero-order chi connectivity index (χ0) is 24.9. The van der Waals surface area contributed by atoms with Gasteiger partial charge in [0.15, 0.2) is 0 Å². The lowest BCUT2D eigenvalue weighted by Gasteiger charge is -2.29. The average Bonchev–Trinajstić information content (AvgIpc) is 2.85. The monoisotopic (exact) mass is 502 g/mol. The third-order valence-corrected chi connectivity index (χ3v) is 7.69. The highest BCUT2D eigenvalue weighted by Gasteiger charge is 2.23. The number of halogens is 5. The van der Waals surface area contributed by atoms with Crippen LogP contribution in [-0.4, -0.2) is 0 Å². The molecule has 35 heavy (non-hydrogen) atoms. The Morgan fingerprint density at radius 3 is 1.91 bits per heavy atom. The largest absolute Gasteiger partial charge is 0.206 e. The third-order valence-electron chi connectivity index (χ3n) is 7.33. The molecule has 0 atom stereocenters. The highest BCUT2D eigenvalue weighted by molar-refractivity contribution is 6.31. The molecule has 0 saturated heterocycles. The van der Waals surface area contributed by atoms with Crippen LogP contribution in [0, 0.1) is 29.2 Å². The molecule has 0 unspecified atom stereocenters.